The lowest BCUT2D eigenvalue weighted by Gasteiger charge is -2.11. The van der Waals surface area contributed by atoms with Crippen LogP contribution in [-0.2, 0) is 9.84 Å². The highest BCUT2D eigenvalue weighted by molar-refractivity contribution is 7.91. The van der Waals surface area contributed by atoms with E-state index >= 15 is 0 Å². The fourth-order valence-corrected chi connectivity index (χ4v) is 5.27. The predicted octanol–water partition coefficient (Wildman–Crippen LogP) is 4.49. The molecule has 0 aliphatic rings. The molecule has 152 valence electrons. The zero-order valence-electron chi connectivity index (χ0n) is 16.1. The summed E-state index contributed by atoms with van der Waals surface area (Å²) in [5.74, 6) is -0.166. The van der Waals surface area contributed by atoms with Gasteiger partial charge in [0.1, 0.15) is 15.7 Å². The predicted molar refractivity (Wildman–Crippen MR) is 118 cm³/mol. The Balaban J connectivity index is 1.86. The molecule has 0 atom stereocenters. The number of benzene rings is 2. The largest absolute Gasteiger partial charge is 0.455 e. The van der Waals surface area contributed by atoms with E-state index in [0.29, 0.717) is 11.3 Å². The average molecular weight is 440 g/mol. The minimum atomic E-state index is -3.49. The SMILES string of the molecule is Cc1c(-c2ccccc2)oc2c(C(=O)Nc3sccc3S(C)(=O)=O)cccc2c1=O. The summed E-state index contributed by atoms with van der Waals surface area (Å²) in [6, 6.07) is 15.4. The van der Waals surface area contributed by atoms with E-state index in [9.17, 15) is 18.0 Å². The van der Waals surface area contributed by atoms with Crippen LogP contribution in [0.4, 0.5) is 5.00 Å². The first kappa shape index (κ1) is 20.1. The molecule has 8 heteroatoms. The molecule has 0 fully saturated rings. The van der Waals surface area contributed by atoms with Gasteiger partial charge in [0.15, 0.2) is 20.8 Å². The van der Waals surface area contributed by atoms with Gasteiger partial charge in [-0.15, -0.1) is 11.3 Å². The van der Waals surface area contributed by atoms with Crippen molar-refractivity contribution in [1.29, 1.82) is 0 Å². The molecular weight excluding hydrogens is 422 g/mol. The molecular formula is C22H17NO5S2. The van der Waals surface area contributed by atoms with E-state index in [2.05, 4.69) is 5.32 Å². The summed E-state index contributed by atoms with van der Waals surface area (Å²) >= 11 is 1.11. The van der Waals surface area contributed by atoms with E-state index in [0.717, 1.165) is 23.2 Å². The number of para-hydroxylation sites is 1. The van der Waals surface area contributed by atoms with Crippen LogP contribution >= 0.6 is 11.3 Å². The molecule has 4 rings (SSSR count). The smallest absolute Gasteiger partial charge is 0.260 e. The molecule has 6 nitrogen and oxygen atoms in total. The first-order valence-corrected chi connectivity index (χ1v) is 11.7. The first-order chi connectivity index (χ1) is 14.3. The number of hydrogen-bond acceptors (Lipinski definition) is 6. The number of hydrogen-bond donors (Lipinski definition) is 1. The third kappa shape index (κ3) is 3.55. The Kier molecular flexibility index (Phi) is 5.05. The van der Waals surface area contributed by atoms with Crippen LogP contribution in [0.1, 0.15) is 15.9 Å². The monoisotopic (exact) mass is 439 g/mol. The van der Waals surface area contributed by atoms with Gasteiger partial charge in [-0.1, -0.05) is 36.4 Å². The molecule has 2 aromatic heterocycles. The minimum absolute atomic E-state index is 0.0448. The summed E-state index contributed by atoms with van der Waals surface area (Å²) < 4.78 is 29.9. The van der Waals surface area contributed by atoms with E-state index in [1.54, 1.807) is 30.5 Å². The minimum Gasteiger partial charge on any atom is -0.455 e. The molecule has 2 aromatic carbocycles. The van der Waals surface area contributed by atoms with Gasteiger partial charge in [0.05, 0.1) is 10.9 Å². The Labute approximate surface area is 176 Å². The molecule has 30 heavy (non-hydrogen) atoms. The van der Waals surface area contributed by atoms with Gasteiger partial charge in [0.2, 0.25) is 0 Å². The topological polar surface area (TPSA) is 93.4 Å². The van der Waals surface area contributed by atoms with Gasteiger partial charge in [0, 0.05) is 17.4 Å². The Bertz CT molecular complexity index is 1430. The highest BCUT2D eigenvalue weighted by Crippen LogP contribution is 2.30. The van der Waals surface area contributed by atoms with Crippen LogP contribution in [0.25, 0.3) is 22.3 Å². The van der Waals surface area contributed by atoms with Crippen LogP contribution < -0.4 is 10.7 Å². The molecule has 0 saturated carbocycles. The van der Waals surface area contributed by atoms with Crippen molar-refractivity contribution < 1.29 is 17.6 Å². The van der Waals surface area contributed by atoms with Crippen LogP contribution in [0.3, 0.4) is 0 Å². The van der Waals surface area contributed by atoms with Crippen molar-refractivity contribution in [2.75, 3.05) is 11.6 Å². The van der Waals surface area contributed by atoms with Crippen molar-refractivity contribution in [2.45, 2.75) is 11.8 Å². The molecule has 0 aliphatic heterocycles. The zero-order valence-corrected chi connectivity index (χ0v) is 17.8. The van der Waals surface area contributed by atoms with Gasteiger partial charge >= 0.3 is 0 Å². The summed E-state index contributed by atoms with van der Waals surface area (Å²) in [6.07, 6.45) is 1.08. The normalized spacial score (nSPS) is 11.5. The first-order valence-electron chi connectivity index (χ1n) is 8.98. The molecule has 0 saturated heterocycles. The van der Waals surface area contributed by atoms with Gasteiger partial charge in [-0.25, -0.2) is 8.42 Å². The summed E-state index contributed by atoms with van der Waals surface area (Å²) in [5, 5.41) is 4.73. The summed E-state index contributed by atoms with van der Waals surface area (Å²) in [6.45, 7) is 1.68. The van der Waals surface area contributed by atoms with Gasteiger partial charge in [-0.2, -0.15) is 0 Å². The lowest BCUT2D eigenvalue weighted by Crippen LogP contribution is -2.15. The number of anilines is 1. The van der Waals surface area contributed by atoms with Crippen LogP contribution in [0.15, 0.2) is 74.1 Å². The molecule has 1 N–H and O–H groups in total. The maximum Gasteiger partial charge on any atom is 0.260 e. The van der Waals surface area contributed by atoms with E-state index in [1.807, 2.05) is 30.3 Å². The van der Waals surface area contributed by atoms with Crippen molar-refractivity contribution >= 4 is 43.1 Å². The van der Waals surface area contributed by atoms with E-state index in [4.69, 9.17) is 4.42 Å². The fourth-order valence-electron chi connectivity index (χ4n) is 3.20. The highest BCUT2D eigenvalue weighted by atomic mass is 32.2. The van der Waals surface area contributed by atoms with Crippen LogP contribution in [0.5, 0.6) is 0 Å². The van der Waals surface area contributed by atoms with Crippen molar-refractivity contribution in [2.24, 2.45) is 0 Å². The Morgan fingerprint density at radius 2 is 1.77 bits per heavy atom. The van der Waals surface area contributed by atoms with E-state index in [-0.39, 0.29) is 31.9 Å². The van der Waals surface area contributed by atoms with Crippen molar-refractivity contribution in [3.05, 3.63) is 81.3 Å². The quantitative estimate of drug-likeness (QED) is 0.506. The Hall–Kier alpha value is -3.23. The van der Waals surface area contributed by atoms with Gasteiger partial charge in [0.25, 0.3) is 5.91 Å². The number of nitrogens with one attached hydrogen (secondary N) is 1. The van der Waals surface area contributed by atoms with Crippen LogP contribution in [0, 0.1) is 6.92 Å². The molecule has 0 spiro atoms. The number of rotatable bonds is 4. The fraction of sp³-hybridized carbons (Fsp3) is 0.0909. The molecule has 0 aliphatic carbocycles. The third-order valence-corrected chi connectivity index (χ3v) is 6.78. The van der Waals surface area contributed by atoms with Crippen LogP contribution in [0.2, 0.25) is 0 Å². The van der Waals surface area contributed by atoms with Gasteiger partial charge in [-0.3, -0.25) is 9.59 Å². The van der Waals surface area contributed by atoms with Gasteiger partial charge < -0.3 is 9.73 Å². The molecule has 4 aromatic rings. The lowest BCUT2D eigenvalue weighted by atomic mass is 10.0. The number of carbonyl (C=O) groups is 1. The van der Waals surface area contributed by atoms with Crippen molar-refractivity contribution in [3.63, 3.8) is 0 Å². The molecule has 1 amide bonds. The van der Waals surface area contributed by atoms with E-state index < -0.39 is 15.7 Å². The number of carbonyl (C=O) groups excluding carboxylic acids is 1. The van der Waals surface area contributed by atoms with Crippen molar-refractivity contribution in [1.82, 2.24) is 0 Å². The molecule has 0 radical (unpaired) electrons. The second kappa shape index (κ2) is 7.55. The number of thiophene rings is 1. The maximum atomic E-state index is 13.0. The average Bonchev–Trinajstić information content (AvgIpc) is 3.19. The Morgan fingerprint density at radius 1 is 1.03 bits per heavy atom. The van der Waals surface area contributed by atoms with E-state index in [1.165, 1.54) is 6.07 Å². The lowest BCUT2D eigenvalue weighted by molar-refractivity contribution is 0.102. The summed E-state index contributed by atoms with van der Waals surface area (Å²) in [7, 11) is -3.49. The third-order valence-electron chi connectivity index (χ3n) is 4.68. The second-order valence-corrected chi connectivity index (χ2v) is 9.67. The van der Waals surface area contributed by atoms with Gasteiger partial charge in [-0.05, 0) is 30.5 Å². The molecule has 0 bridgehead atoms. The highest BCUT2D eigenvalue weighted by Gasteiger charge is 2.21. The second-order valence-electron chi connectivity index (χ2n) is 6.77. The molecule has 0 unspecified atom stereocenters. The van der Waals surface area contributed by atoms with Crippen LogP contribution in [-0.4, -0.2) is 20.6 Å². The Morgan fingerprint density at radius 3 is 2.47 bits per heavy atom. The standard InChI is InChI=1S/C22H17NO5S2/c1-13-18(24)15-9-6-10-16(20(15)28-19(13)14-7-4-3-5-8-14)21(25)23-22-17(11-12-29-22)30(2,26)27/h3-12H,1-2H3,(H,23,25). The summed E-state index contributed by atoms with van der Waals surface area (Å²) in [4.78, 5) is 26.0. The number of sulfone groups is 1. The number of amides is 1. The zero-order chi connectivity index (χ0) is 21.5. The number of fused-ring (bicyclic) bond motifs is 1. The molecule has 2 heterocycles. The van der Waals surface area contributed by atoms with Crippen molar-refractivity contribution in [3.8, 4) is 11.3 Å². The summed E-state index contributed by atoms with van der Waals surface area (Å²) in [5.41, 5.74) is 1.25. The maximum absolute atomic E-state index is 13.0.